The van der Waals surface area contributed by atoms with Gasteiger partial charge in [-0.25, -0.2) is 0 Å². The summed E-state index contributed by atoms with van der Waals surface area (Å²) in [6, 6.07) is 1.64. The fourth-order valence-corrected chi connectivity index (χ4v) is 4.84. The minimum atomic E-state index is -3.57. The first-order valence-electron chi connectivity index (χ1n) is 10.2. The molecule has 2 fully saturated rings. The van der Waals surface area contributed by atoms with Gasteiger partial charge in [-0.15, -0.1) is 0 Å². The number of alkyl halides is 2. The van der Waals surface area contributed by atoms with E-state index in [9.17, 15) is 17.6 Å². The van der Waals surface area contributed by atoms with Crippen molar-refractivity contribution in [2.45, 2.75) is 64.4 Å². The van der Waals surface area contributed by atoms with Gasteiger partial charge in [0.25, 0.3) is 0 Å². The molecule has 156 valence electrons. The molecule has 0 unspecified atom stereocenters. The molecular formula is C22H28F4O2. The van der Waals surface area contributed by atoms with E-state index in [4.69, 9.17) is 5.11 Å². The molecule has 0 saturated heterocycles. The van der Waals surface area contributed by atoms with E-state index < -0.39 is 35.2 Å². The van der Waals surface area contributed by atoms with Crippen LogP contribution in [0.1, 0.15) is 58.3 Å². The maximum absolute atomic E-state index is 14.5. The van der Waals surface area contributed by atoms with Crippen LogP contribution in [0.2, 0.25) is 0 Å². The lowest BCUT2D eigenvalue weighted by Gasteiger charge is -2.39. The number of halogens is 4. The predicted octanol–water partition coefficient (Wildman–Crippen LogP) is 6.83. The fourth-order valence-electron chi connectivity index (χ4n) is 4.84. The molecule has 0 aliphatic heterocycles. The van der Waals surface area contributed by atoms with Gasteiger partial charge in [-0.2, -0.15) is 17.6 Å². The van der Waals surface area contributed by atoms with Crippen molar-refractivity contribution >= 4 is 0 Å². The van der Waals surface area contributed by atoms with Crippen LogP contribution in [0.15, 0.2) is 24.3 Å². The van der Waals surface area contributed by atoms with Crippen molar-refractivity contribution in [2.24, 2.45) is 23.7 Å². The van der Waals surface area contributed by atoms with Crippen LogP contribution in [-0.2, 0) is 0 Å². The van der Waals surface area contributed by atoms with Gasteiger partial charge in [0.15, 0.2) is 11.5 Å². The van der Waals surface area contributed by atoms with Crippen LogP contribution in [0.4, 0.5) is 17.6 Å². The quantitative estimate of drug-likeness (QED) is 0.433. The summed E-state index contributed by atoms with van der Waals surface area (Å²) in [5.41, 5.74) is 0. The summed E-state index contributed by atoms with van der Waals surface area (Å²) in [7, 11) is 0. The average molecular weight is 400 g/mol. The van der Waals surface area contributed by atoms with Gasteiger partial charge in [0.05, 0.1) is 5.92 Å². The van der Waals surface area contributed by atoms with E-state index in [2.05, 4.69) is 16.9 Å². The van der Waals surface area contributed by atoms with Crippen LogP contribution in [0.5, 0.6) is 11.5 Å². The smallest absolute Gasteiger partial charge is 0.400 e. The van der Waals surface area contributed by atoms with Gasteiger partial charge >= 0.3 is 6.11 Å². The Labute approximate surface area is 163 Å². The molecule has 28 heavy (non-hydrogen) atoms. The first-order chi connectivity index (χ1) is 13.3. The van der Waals surface area contributed by atoms with Gasteiger partial charge in [-0.3, -0.25) is 0 Å². The second-order valence-corrected chi connectivity index (χ2v) is 8.19. The lowest BCUT2D eigenvalue weighted by Crippen LogP contribution is -2.38. The van der Waals surface area contributed by atoms with Crippen molar-refractivity contribution in [2.75, 3.05) is 0 Å². The van der Waals surface area contributed by atoms with Crippen LogP contribution >= 0.6 is 0 Å². The van der Waals surface area contributed by atoms with Crippen LogP contribution < -0.4 is 4.74 Å². The van der Waals surface area contributed by atoms with Crippen molar-refractivity contribution in [3.8, 4) is 11.5 Å². The molecule has 0 atom stereocenters. The van der Waals surface area contributed by atoms with E-state index in [1.807, 2.05) is 6.92 Å². The van der Waals surface area contributed by atoms with E-state index in [1.165, 1.54) is 12.8 Å². The molecule has 0 aromatic heterocycles. The monoisotopic (exact) mass is 400 g/mol. The van der Waals surface area contributed by atoms with Gasteiger partial charge in [0.1, 0.15) is 0 Å². The van der Waals surface area contributed by atoms with Crippen LogP contribution in [0.3, 0.4) is 0 Å². The summed E-state index contributed by atoms with van der Waals surface area (Å²) in [4.78, 5) is 0. The van der Waals surface area contributed by atoms with E-state index in [-0.39, 0.29) is 0 Å². The standard InChI is InChI=1S/C22H28F4O2/c1-2-3-14-4-6-15(7-5-14)16-8-10-17(11-9-16)22(25,26)28-19-13-12-18(27)20(23)21(19)24/h2-3,12-17,27H,4-11H2,1H3/b3-2+. The molecule has 2 saturated carbocycles. The Balaban J connectivity index is 1.55. The van der Waals surface area contributed by atoms with Crippen molar-refractivity contribution in [3.63, 3.8) is 0 Å². The van der Waals surface area contributed by atoms with Crippen LogP contribution in [-0.4, -0.2) is 11.2 Å². The highest BCUT2D eigenvalue weighted by atomic mass is 19.3. The maximum Gasteiger partial charge on any atom is 0.400 e. The fraction of sp³-hybridized carbons (Fsp3) is 0.636. The number of benzene rings is 1. The first kappa shape index (κ1) is 21.0. The maximum atomic E-state index is 14.5. The molecule has 0 bridgehead atoms. The highest BCUT2D eigenvalue weighted by molar-refractivity contribution is 5.34. The van der Waals surface area contributed by atoms with E-state index in [0.29, 0.717) is 30.6 Å². The topological polar surface area (TPSA) is 29.5 Å². The van der Waals surface area contributed by atoms with Gasteiger partial charge in [0, 0.05) is 0 Å². The third-order valence-electron chi connectivity index (χ3n) is 6.47. The number of hydrogen-bond acceptors (Lipinski definition) is 2. The zero-order valence-electron chi connectivity index (χ0n) is 16.1. The lowest BCUT2D eigenvalue weighted by atomic mass is 9.69. The number of phenolic OH excluding ortho intramolecular Hbond substituents is 1. The molecule has 0 radical (unpaired) electrons. The molecule has 1 N–H and O–H groups in total. The second-order valence-electron chi connectivity index (χ2n) is 8.19. The molecule has 0 spiro atoms. The molecule has 0 heterocycles. The highest BCUT2D eigenvalue weighted by Gasteiger charge is 2.45. The van der Waals surface area contributed by atoms with Crippen LogP contribution in [0, 0.1) is 35.3 Å². The highest BCUT2D eigenvalue weighted by Crippen LogP contribution is 2.46. The Kier molecular flexibility index (Phi) is 6.56. The largest absolute Gasteiger partial charge is 0.505 e. The molecule has 3 rings (SSSR count). The average Bonchev–Trinajstić information content (AvgIpc) is 2.69. The van der Waals surface area contributed by atoms with Gasteiger partial charge < -0.3 is 9.84 Å². The third kappa shape index (κ3) is 4.64. The molecule has 1 aromatic rings. The number of phenols is 1. The third-order valence-corrected chi connectivity index (χ3v) is 6.47. The summed E-state index contributed by atoms with van der Waals surface area (Å²) in [5, 5.41) is 9.11. The Morgan fingerprint density at radius 3 is 2.07 bits per heavy atom. The number of hydrogen-bond donors (Lipinski definition) is 1. The van der Waals surface area contributed by atoms with Crippen molar-refractivity contribution in [1.82, 2.24) is 0 Å². The number of ether oxygens (including phenoxy) is 1. The Morgan fingerprint density at radius 2 is 1.50 bits per heavy atom. The minimum Gasteiger partial charge on any atom is -0.505 e. The summed E-state index contributed by atoms with van der Waals surface area (Å²) in [6.45, 7) is 2.04. The van der Waals surface area contributed by atoms with E-state index in [1.54, 1.807) is 0 Å². The Hall–Kier alpha value is -1.72. The van der Waals surface area contributed by atoms with Gasteiger partial charge in [-0.1, -0.05) is 12.2 Å². The molecule has 2 nitrogen and oxygen atoms in total. The van der Waals surface area contributed by atoms with Crippen LogP contribution in [0.25, 0.3) is 0 Å². The molecular weight excluding hydrogens is 372 g/mol. The number of aromatic hydroxyl groups is 1. The second kappa shape index (κ2) is 8.75. The van der Waals surface area contributed by atoms with E-state index in [0.717, 1.165) is 37.8 Å². The molecule has 1 aromatic carbocycles. The molecule has 0 amide bonds. The SMILES string of the molecule is C/C=C/C1CCC(C2CCC(C(F)(F)Oc3ccc(O)c(F)c3F)CC2)CC1. The molecule has 2 aliphatic rings. The minimum absolute atomic E-state index is 0.314. The number of rotatable bonds is 5. The molecule has 2 aliphatic carbocycles. The normalized spacial score (nSPS) is 29.2. The van der Waals surface area contributed by atoms with E-state index >= 15 is 0 Å². The van der Waals surface area contributed by atoms with Crippen molar-refractivity contribution in [1.29, 1.82) is 0 Å². The zero-order valence-corrected chi connectivity index (χ0v) is 16.1. The predicted molar refractivity (Wildman–Crippen MR) is 99.3 cm³/mol. The Bertz CT molecular complexity index is 688. The first-order valence-corrected chi connectivity index (χ1v) is 10.2. The summed E-state index contributed by atoms with van der Waals surface area (Å²) >= 11 is 0. The summed E-state index contributed by atoms with van der Waals surface area (Å²) < 4.78 is 60.8. The summed E-state index contributed by atoms with van der Waals surface area (Å²) in [5.74, 6) is -4.28. The van der Waals surface area contributed by atoms with Gasteiger partial charge in [0.2, 0.25) is 11.6 Å². The lowest BCUT2D eigenvalue weighted by molar-refractivity contribution is -0.225. The zero-order chi connectivity index (χ0) is 20.3. The number of allylic oxidation sites excluding steroid dienone is 2. The summed E-state index contributed by atoms with van der Waals surface area (Å²) in [6.07, 6.45) is 7.48. The molecule has 6 heteroatoms. The van der Waals surface area contributed by atoms with Crippen molar-refractivity contribution < 1.29 is 27.4 Å². The van der Waals surface area contributed by atoms with Crippen molar-refractivity contribution in [3.05, 3.63) is 35.9 Å². The Morgan fingerprint density at radius 1 is 0.929 bits per heavy atom. The van der Waals surface area contributed by atoms with Gasteiger partial charge in [-0.05, 0) is 88.2 Å².